The molecule has 0 bridgehead atoms. The van der Waals surface area contributed by atoms with Gasteiger partial charge in [0.2, 0.25) is 0 Å². The molecular weight excluding hydrogens is 218 g/mol. The molecular formula is C17H15N. The first-order valence-corrected chi connectivity index (χ1v) is 6.20. The maximum Gasteiger partial charge on any atom is 0.0991 e. The van der Waals surface area contributed by atoms with Crippen molar-refractivity contribution in [2.45, 2.75) is 26.2 Å². The fourth-order valence-corrected chi connectivity index (χ4v) is 2.95. The van der Waals surface area contributed by atoms with Crippen LogP contribution in [-0.4, -0.2) is 0 Å². The van der Waals surface area contributed by atoms with Gasteiger partial charge in [0.15, 0.2) is 0 Å². The largest absolute Gasteiger partial charge is 0.192 e. The van der Waals surface area contributed by atoms with E-state index in [0.29, 0.717) is 0 Å². The van der Waals surface area contributed by atoms with Gasteiger partial charge in [-0.25, -0.2) is 0 Å². The van der Waals surface area contributed by atoms with E-state index in [0.717, 1.165) is 5.56 Å². The van der Waals surface area contributed by atoms with Gasteiger partial charge in [-0.15, -0.1) is 0 Å². The highest BCUT2D eigenvalue weighted by molar-refractivity contribution is 5.81. The molecule has 0 N–H and O–H groups in total. The van der Waals surface area contributed by atoms with Gasteiger partial charge in [-0.3, -0.25) is 0 Å². The standard InChI is InChI=1S/C17H15N/c1-11-4-6-15-13(8-11)14-9-12(10-18)5-7-16(14)17(15,2)3/h4-9H,1-3H3. The summed E-state index contributed by atoms with van der Waals surface area (Å²) < 4.78 is 0. The molecule has 2 aromatic rings. The molecule has 0 spiro atoms. The van der Waals surface area contributed by atoms with Crippen LogP contribution < -0.4 is 0 Å². The predicted molar refractivity (Wildman–Crippen MR) is 73.5 cm³/mol. The van der Waals surface area contributed by atoms with Crippen LogP contribution in [0.3, 0.4) is 0 Å². The first-order valence-electron chi connectivity index (χ1n) is 6.20. The Balaban J connectivity index is 2.38. The average Bonchev–Trinajstić information content (AvgIpc) is 2.58. The van der Waals surface area contributed by atoms with Crippen molar-refractivity contribution in [2.24, 2.45) is 0 Å². The summed E-state index contributed by atoms with van der Waals surface area (Å²) in [4.78, 5) is 0. The highest BCUT2D eigenvalue weighted by Crippen LogP contribution is 2.48. The maximum atomic E-state index is 9.05. The first kappa shape index (κ1) is 11.0. The molecule has 0 saturated heterocycles. The molecule has 0 fully saturated rings. The Morgan fingerprint density at radius 1 is 0.944 bits per heavy atom. The van der Waals surface area contributed by atoms with Crippen molar-refractivity contribution in [1.29, 1.82) is 5.26 Å². The van der Waals surface area contributed by atoms with E-state index < -0.39 is 0 Å². The maximum absolute atomic E-state index is 9.05. The quantitative estimate of drug-likeness (QED) is 0.670. The summed E-state index contributed by atoms with van der Waals surface area (Å²) in [6.45, 7) is 6.61. The van der Waals surface area contributed by atoms with Gasteiger partial charge in [-0.2, -0.15) is 5.26 Å². The monoisotopic (exact) mass is 233 g/mol. The molecule has 0 aromatic heterocycles. The van der Waals surface area contributed by atoms with Gasteiger partial charge in [0.05, 0.1) is 11.6 Å². The minimum Gasteiger partial charge on any atom is -0.192 e. The summed E-state index contributed by atoms with van der Waals surface area (Å²) in [5.74, 6) is 0. The second-order valence-corrected chi connectivity index (χ2v) is 5.55. The third-order valence-corrected chi connectivity index (χ3v) is 3.96. The Hall–Kier alpha value is -2.07. The zero-order chi connectivity index (χ0) is 12.9. The molecule has 0 unspecified atom stereocenters. The van der Waals surface area contributed by atoms with Crippen molar-refractivity contribution in [3.05, 3.63) is 58.7 Å². The molecule has 1 aliphatic rings. The van der Waals surface area contributed by atoms with Crippen LogP contribution in [0, 0.1) is 18.3 Å². The first-order chi connectivity index (χ1) is 8.54. The number of rotatable bonds is 0. The molecule has 0 saturated carbocycles. The van der Waals surface area contributed by atoms with Gasteiger partial charge < -0.3 is 0 Å². The Morgan fingerprint density at radius 2 is 1.56 bits per heavy atom. The van der Waals surface area contributed by atoms with Crippen LogP contribution in [0.4, 0.5) is 0 Å². The van der Waals surface area contributed by atoms with E-state index >= 15 is 0 Å². The van der Waals surface area contributed by atoms with E-state index in [1.165, 1.54) is 27.8 Å². The summed E-state index contributed by atoms with van der Waals surface area (Å²) in [5, 5.41) is 9.05. The van der Waals surface area contributed by atoms with Crippen molar-refractivity contribution in [3.8, 4) is 17.2 Å². The van der Waals surface area contributed by atoms with Gasteiger partial charge in [0.1, 0.15) is 0 Å². The van der Waals surface area contributed by atoms with Crippen molar-refractivity contribution >= 4 is 0 Å². The number of fused-ring (bicyclic) bond motifs is 3. The van der Waals surface area contributed by atoms with Crippen molar-refractivity contribution < 1.29 is 0 Å². The van der Waals surface area contributed by atoms with E-state index in [4.69, 9.17) is 5.26 Å². The lowest BCUT2D eigenvalue weighted by atomic mass is 9.82. The number of hydrogen-bond donors (Lipinski definition) is 0. The van der Waals surface area contributed by atoms with Crippen LogP contribution in [0.25, 0.3) is 11.1 Å². The molecule has 1 aliphatic carbocycles. The van der Waals surface area contributed by atoms with Gasteiger partial charge >= 0.3 is 0 Å². The van der Waals surface area contributed by atoms with Crippen LogP contribution >= 0.6 is 0 Å². The minimum atomic E-state index is 0.0341. The Kier molecular flexibility index (Phi) is 2.12. The molecule has 0 radical (unpaired) electrons. The van der Waals surface area contributed by atoms with E-state index in [2.05, 4.69) is 51.1 Å². The summed E-state index contributed by atoms with van der Waals surface area (Å²) in [5.41, 5.74) is 7.22. The van der Waals surface area contributed by atoms with Gasteiger partial charge in [0, 0.05) is 5.41 Å². The molecule has 3 rings (SSSR count). The molecule has 0 heterocycles. The molecule has 1 nitrogen and oxygen atoms in total. The van der Waals surface area contributed by atoms with Crippen LogP contribution in [-0.2, 0) is 5.41 Å². The number of nitriles is 1. The topological polar surface area (TPSA) is 23.8 Å². The van der Waals surface area contributed by atoms with E-state index in [1.807, 2.05) is 12.1 Å². The molecule has 2 aromatic carbocycles. The van der Waals surface area contributed by atoms with Gasteiger partial charge in [0.25, 0.3) is 0 Å². The van der Waals surface area contributed by atoms with Crippen molar-refractivity contribution in [1.82, 2.24) is 0 Å². The summed E-state index contributed by atoms with van der Waals surface area (Å²) in [7, 11) is 0. The lowest BCUT2D eigenvalue weighted by Crippen LogP contribution is -2.14. The fourth-order valence-electron chi connectivity index (χ4n) is 2.95. The second kappa shape index (κ2) is 3.46. The highest BCUT2D eigenvalue weighted by atomic mass is 14.4. The number of aryl methyl sites for hydroxylation is 1. The van der Waals surface area contributed by atoms with Crippen LogP contribution in [0.1, 0.15) is 36.1 Å². The van der Waals surface area contributed by atoms with E-state index in [-0.39, 0.29) is 5.41 Å². The van der Waals surface area contributed by atoms with Crippen LogP contribution in [0.5, 0.6) is 0 Å². The minimum absolute atomic E-state index is 0.0341. The van der Waals surface area contributed by atoms with Gasteiger partial charge in [-0.1, -0.05) is 43.7 Å². The molecule has 18 heavy (non-hydrogen) atoms. The number of benzene rings is 2. The molecule has 0 aliphatic heterocycles. The van der Waals surface area contributed by atoms with Crippen molar-refractivity contribution in [2.75, 3.05) is 0 Å². The third-order valence-electron chi connectivity index (χ3n) is 3.96. The number of nitrogens with zero attached hydrogens (tertiary/aromatic N) is 1. The summed E-state index contributed by atoms with van der Waals surface area (Å²) >= 11 is 0. The average molecular weight is 233 g/mol. The SMILES string of the molecule is Cc1ccc2c(c1)-c1cc(C#N)ccc1C2(C)C. The Morgan fingerprint density at radius 3 is 2.22 bits per heavy atom. The second-order valence-electron chi connectivity index (χ2n) is 5.55. The molecule has 88 valence electrons. The summed E-state index contributed by atoms with van der Waals surface area (Å²) in [6.07, 6.45) is 0. The smallest absolute Gasteiger partial charge is 0.0991 e. The Labute approximate surface area is 108 Å². The zero-order valence-electron chi connectivity index (χ0n) is 10.9. The van der Waals surface area contributed by atoms with Crippen molar-refractivity contribution in [3.63, 3.8) is 0 Å². The number of hydrogen-bond acceptors (Lipinski definition) is 1. The zero-order valence-corrected chi connectivity index (χ0v) is 10.9. The normalized spacial score (nSPS) is 14.8. The van der Waals surface area contributed by atoms with Crippen LogP contribution in [0.2, 0.25) is 0 Å². The van der Waals surface area contributed by atoms with Gasteiger partial charge in [-0.05, 0) is 41.3 Å². The molecule has 1 heteroatoms. The lowest BCUT2D eigenvalue weighted by Gasteiger charge is -2.21. The third kappa shape index (κ3) is 1.32. The summed E-state index contributed by atoms with van der Waals surface area (Å²) in [6, 6.07) is 14.9. The molecule has 0 amide bonds. The molecule has 0 atom stereocenters. The highest BCUT2D eigenvalue weighted by Gasteiger charge is 2.35. The van der Waals surface area contributed by atoms with Crippen LogP contribution in [0.15, 0.2) is 36.4 Å². The lowest BCUT2D eigenvalue weighted by molar-refractivity contribution is 0.660. The Bertz CT molecular complexity index is 687. The fraction of sp³-hybridized carbons (Fsp3) is 0.235. The van der Waals surface area contributed by atoms with E-state index in [9.17, 15) is 0 Å². The van der Waals surface area contributed by atoms with E-state index in [1.54, 1.807) is 0 Å². The predicted octanol–water partition coefficient (Wildman–Crippen LogP) is 4.17.